The Morgan fingerprint density at radius 2 is 1.68 bits per heavy atom. The summed E-state index contributed by atoms with van der Waals surface area (Å²) in [7, 11) is -4.59. The number of anilines is 1. The molecule has 0 bridgehead atoms. The predicted octanol–water partition coefficient (Wildman–Crippen LogP) is 3.40. The number of alkyl halides is 2. The van der Waals surface area contributed by atoms with E-state index in [4.69, 9.17) is 4.74 Å². The summed E-state index contributed by atoms with van der Waals surface area (Å²) in [5, 5.41) is 0. The first kappa shape index (κ1) is 17.8. The van der Waals surface area contributed by atoms with E-state index in [1.165, 1.54) is 36.4 Å². The molecule has 0 amide bonds. The van der Waals surface area contributed by atoms with Crippen molar-refractivity contribution >= 4 is 15.5 Å². The molecule has 1 fully saturated rings. The molecular formula is C17H16F3NO3S. The monoisotopic (exact) mass is 371 g/mol. The maximum absolute atomic E-state index is 13.0. The first-order valence-corrected chi connectivity index (χ1v) is 9.16. The van der Waals surface area contributed by atoms with E-state index >= 15 is 0 Å². The Kier molecular flexibility index (Phi) is 5.01. The number of hydrogen-bond acceptors (Lipinski definition) is 4. The molecule has 0 aliphatic carbocycles. The standard InChI is InChI=1S/C17H16F3NO3S/c18-13-3-1-12(2-4-13)16-11-21(9-10-24-16)14-5-7-15(8-6-14)25(22,23)17(19)20/h1-8,16-17H,9-11H2/t16-/m0/s1. The van der Waals surface area contributed by atoms with Gasteiger partial charge in [0.2, 0.25) is 9.84 Å². The third-order valence-corrected chi connectivity index (χ3v) is 5.47. The summed E-state index contributed by atoms with van der Waals surface area (Å²) in [5.74, 6) is -3.77. The van der Waals surface area contributed by atoms with Gasteiger partial charge in [0.1, 0.15) is 11.9 Å². The normalized spacial score (nSPS) is 18.6. The fourth-order valence-corrected chi connectivity index (χ4v) is 3.43. The molecule has 8 heteroatoms. The molecule has 25 heavy (non-hydrogen) atoms. The van der Waals surface area contributed by atoms with Gasteiger partial charge in [0.05, 0.1) is 11.5 Å². The first-order chi connectivity index (χ1) is 11.9. The highest BCUT2D eigenvalue weighted by molar-refractivity contribution is 7.91. The van der Waals surface area contributed by atoms with Gasteiger partial charge >= 0.3 is 5.76 Å². The van der Waals surface area contributed by atoms with Crippen LogP contribution in [0.3, 0.4) is 0 Å². The van der Waals surface area contributed by atoms with Gasteiger partial charge in [-0.2, -0.15) is 8.78 Å². The lowest BCUT2D eigenvalue weighted by molar-refractivity contribution is 0.0397. The smallest absolute Gasteiger partial charge is 0.341 e. The highest BCUT2D eigenvalue weighted by atomic mass is 32.2. The van der Waals surface area contributed by atoms with Gasteiger partial charge in [-0.25, -0.2) is 12.8 Å². The number of morpholine rings is 1. The Balaban J connectivity index is 1.76. The van der Waals surface area contributed by atoms with Crippen LogP contribution in [0.25, 0.3) is 0 Å². The molecule has 3 rings (SSSR count). The summed E-state index contributed by atoms with van der Waals surface area (Å²) in [4.78, 5) is 1.56. The van der Waals surface area contributed by atoms with Crippen molar-refractivity contribution in [3.8, 4) is 0 Å². The van der Waals surface area contributed by atoms with Crippen molar-refractivity contribution in [1.82, 2.24) is 0 Å². The number of hydrogen-bond donors (Lipinski definition) is 0. The van der Waals surface area contributed by atoms with Crippen molar-refractivity contribution in [2.75, 3.05) is 24.6 Å². The van der Waals surface area contributed by atoms with Crippen LogP contribution in [0.2, 0.25) is 0 Å². The maximum atomic E-state index is 13.0. The molecule has 1 atom stereocenters. The summed E-state index contributed by atoms with van der Waals surface area (Å²) in [6, 6.07) is 11.4. The van der Waals surface area contributed by atoms with Crippen LogP contribution in [-0.2, 0) is 14.6 Å². The first-order valence-electron chi connectivity index (χ1n) is 7.62. The fourth-order valence-electron chi connectivity index (χ4n) is 2.71. The van der Waals surface area contributed by atoms with E-state index in [-0.39, 0.29) is 11.9 Å². The molecular weight excluding hydrogens is 355 g/mol. The summed E-state index contributed by atoms with van der Waals surface area (Å²) in [5.41, 5.74) is 1.55. The molecule has 0 aromatic heterocycles. The number of ether oxygens (including phenoxy) is 1. The van der Waals surface area contributed by atoms with Crippen LogP contribution in [0.15, 0.2) is 53.4 Å². The minimum Gasteiger partial charge on any atom is -0.370 e. The quantitative estimate of drug-likeness (QED) is 0.827. The van der Waals surface area contributed by atoms with E-state index in [0.29, 0.717) is 25.4 Å². The Labute approximate surface area is 143 Å². The summed E-state index contributed by atoms with van der Waals surface area (Å²) < 4.78 is 66.8. The minimum atomic E-state index is -4.59. The molecule has 0 unspecified atom stereocenters. The van der Waals surface area contributed by atoms with Crippen LogP contribution in [0.4, 0.5) is 18.9 Å². The average molecular weight is 371 g/mol. The van der Waals surface area contributed by atoms with Crippen molar-refractivity contribution in [3.63, 3.8) is 0 Å². The Morgan fingerprint density at radius 3 is 2.28 bits per heavy atom. The average Bonchev–Trinajstić information content (AvgIpc) is 2.62. The largest absolute Gasteiger partial charge is 0.370 e. The molecule has 1 aliphatic rings. The van der Waals surface area contributed by atoms with Crippen molar-refractivity contribution in [2.24, 2.45) is 0 Å². The zero-order valence-electron chi connectivity index (χ0n) is 13.1. The minimum absolute atomic E-state index is 0.251. The van der Waals surface area contributed by atoms with Crippen LogP contribution >= 0.6 is 0 Å². The molecule has 0 radical (unpaired) electrons. The lowest BCUT2D eigenvalue weighted by Crippen LogP contribution is -2.38. The number of nitrogens with zero attached hydrogens (tertiary/aromatic N) is 1. The maximum Gasteiger partial charge on any atom is 0.341 e. The van der Waals surface area contributed by atoms with Gasteiger partial charge < -0.3 is 9.64 Å². The number of sulfone groups is 1. The van der Waals surface area contributed by atoms with E-state index < -0.39 is 20.5 Å². The number of halogens is 3. The van der Waals surface area contributed by atoms with Gasteiger partial charge in [-0.3, -0.25) is 0 Å². The molecule has 1 saturated heterocycles. The van der Waals surface area contributed by atoms with Crippen molar-refractivity contribution in [3.05, 3.63) is 59.9 Å². The lowest BCUT2D eigenvalue weighted by atomic mass is 10.1. The van der Waals surface area contributed by atoms with Gasteiger partial charge in [0.25, 0.3) is 0 Å². The van der Waals surface area contributed by atoms with Crippen molar-refractivity contribution in [1.29, 1.82) is 0 Å². The van der Waals surface area contributed by atoms with Gasteiger partial charge in [-0.15, -0.1) is 0 Å². The third kappa shape index (κ3) is 3.80. The highest BCUT2D eigenvalue weighted by Crippen LogP contribution is 2.28. The fraction of sp³-hybridized carbons (Fsp3) is 0.294. The van der Waals surface area contributed by atoms with Crippen molar-refractivity contribution in [2.45, 2.75) is 16.8 Å². The lowest BCUT2D eigenvalue weighted by Gasteiger charge is -2.34. The van der Waals surface area contributed by atoms with E-state index in [0.717, 1.165) is 5.56 Å². The Morgan fingerprint density at radius 1 is 1.04 bits per heavy atom. The van der Waals surface area contributed by atoms with Gasteiger partial charge in [-0.05, 0) is 42.0 Å². The number of benzene rings is 2. The second-order valence-corrected chi connectivity index (χ2v) is 7.57. The second-order valence-electron chi connectivity index (χ2n) is 5.66. The molecule has 0 N–H and O–H groups in total. The van der Waals surface area contributed by atoms with Crippen molar-refractivity contribution < 1.29 is 26.3 Å². The van der Waals surface area contributed by atoms with Gasteiger partial charge in [0, 0.05) is 18.8 Å². The van der Waals surface area contributed by atoms with E-state index in [1.54, 1.807) is 12.1 Å². The topological polar surface area (TPSA) is 46.6 Å². The number of rotatable bonds is 4. The second kappa shape index (κ2) is 7.05. The molecule has 4 nitrogen and oxygen atoms in total. The summed E-state index contributed by atoms with van der Waals surface area (Å²) >= 11 is 0. The summed E-state index contributed by atoms with van der Waals surface area (Å²) in [6.45, 7) is 1.52. The SMILES string of the molecule is O=S(=O)(c1ccc(N2CCO[C@H](c3ccc(F)cc3)C2)cc1)C(F)F. The van der Waals surface area contributed by atoms with Crippen LogP contribution in [-0.4, -0.2) is 33.9 Å². The molecule has 0 spiro atoms. The van der Waals surface area contributed by atoms with Crippen LogP contribution in [0.1, 0.15) is 11.7 Å². The highest BCUT2D eigenvalue weighted by Gasteiger charge is 2.27. The Hall–Kier alpha value is -2.06. The van der Waals surface area contributed by atoms with Gasteiger partial charge in [-0.1, -0.05) is 12.1 Å². The zero-order chi connectivity index (χ0) is 18.0. The summed E-state index contributed by atoms with van der Waals surface area (Å²) in [6.07, 6.45) is -0.251. The Bertz CT molecular complexity index is 823. The third-order valence-electron chi connectivity index (χ3n) is 4.07. The molecule has 0 saturated carbocycles. The molecule has 1 heterocycles. The van der Waals surface area contributed by atoms with E-state index in [2.05, 4.69) is 0 Å². The van der Waals surface area contributed by atoms with Crippen LogP contribution in [0.5, 0.6) is 0 Å². The van der Waals surface area contributed by atoms with Gasteiger partial charge in [0.15, 0.2) is 0 Å². The molecule has 134 valence electrons. The van der Waals surface area contributed by atoms with Crippen LogP contribution < -0.4 is 4.90 Å². The molecule has 2 aromatic rings. The van der Waals surface area contributed by atoms with E-state index in [1.807, 2.05) is 4.90 Å². The van der Waals surface area contributed by atoms with E-state index in [9.17, 15) is 21.6 Å². The van der Waals surface area contributed by atoms with Crippen LogP contribution in [0, 0.1) is 5.82 Å². The molecule has 2 aromatic carbocycles. The zero-order valence-corrected chi connectivity index (χ0v) is 13.9. The molecule has 1 aliphatic heterocycles. The predicted molar refractivity (Wildman–Crippen MR) is 86.9 cm³/mol.